The van der Waals surface area contributed by atoms with Crippen LogP contribution in [0.15, 0.2) is 187 Å². The second kappa shape index (κ2) is 10.5. The Bertz CT molecular complexity index is 3410. The van der Waals surface area contributed by atoms with Gasteiger partial charge in [0.25, 0.3) is 0 Å². The Labute approximate surface area is 316 Å². The largest absolute Gasteiger partial charge is 0.455 e. The van der Waals surface area contributed by atoms with E-state index >= 15 is 0 Å². The molecular formula is C52H30N2O. The zero-order valence-corrected chi connectivity index (χ0v) is 29.6. The van der Waals surface area contributed by atoms with Gasteiger partial charge < -0.3 is 4.42 Å². The summed E-state index contributed by atoms with van der Waals surface area (Å²) in [6, 6.07) is 62.7. The van der Waals surface area contributed by atoms with E-state index in [0.29, 0.717) is 0 Å². The maximum Gasteiger partial charge on any atom is 0.145 e. The third-order valence-corrected chi connectivity index (χ3v) is 12.5. The van der Waals surface area contributed by atoms with Gasteiger partial charge in [-0.25, -0.2) is 4.98 Å². The summed E-state index contributed by atoms with van der Waals surface area (Å²) in [6.07, 6.45) is 3.96. The molecule has 2 aliphatic carbocycles. The standard InChI is InChI=1S/C52H30N2O/c1-2-14-42-35(10-1)43-28-31(22-25-48(43)54-27-26-53-51(42)54)32-20-23-38-39-24-21-33(34-15-9-16-41-40-13-5-8-19-49(40)55-50(34)41)30-47(39)52(46(38)29-32)44-17-6-3-11-36(44)37-12-4-7-18-45(37)52/h1-30H. The van der Waals surface area contributed by atoms with Crippen LogP contribution in [0.5, 0.6) is 0 Å². The SMILES string of the molecule is c1ccc2c(c1)-c1ccccc1C21c2cc(-c3ccc4c(c3)c3ccccc3c3nccn43)ccc2-c2ccc(-c3cccc4c3oc3ccccc34)cc21. The van der Waals surface area contributed by atoms with Crippen molar-refractivity contribution in [2.45, 2.75) is 5.41 Å². The molecule has 1 spiro atoms. The summed E-state index contributed by atoms with van der Waals surface area (Å²) < 4.78 is 8.80. The minimum absolute atomic E-state index is 0.488. The number of rotatable bonds is 2. The summed E-state index contributed by atoms with van der Waals surface area (Å²) in [5.41, 5.74) is 18.6. The predicted molar refractivity (Wildman–Crippen MR) is 225 cm³/mol. The van der Waals surface area contributed by atoms with Crippen LogP contribution >= 0.6 is 0 Å². The van der Waals surface area contributed by atoms with Crippen LogP contribution in [-0.2, 0) is 5.41 Å². The van der Waals surface area contributed by atoms with Gasteiger partial charge in [-0.3, -0.25) is 4.40 Å². The molecular weight excluding hydrogens is 669 g/mol. The van der Waals surface area contributed by atoms with Crippen LogP contribution in [0.1, 0.15) is 22.3 Å². The van der Waals surface area contributed by atoms with E-state index in [0.717, 1.165) is 49.6 Å². The highest BCUT2D eigenvalue weighted by Crippen LogP contribution is 2.63. The average molecular weight is 699 g/mol. The molecule has 0 saturated carbocycles. The van der Waals surface area contributed by atoms with E-state index in [2.05, 4.69) is 174 Å². The molecule has 11 aromatic rings. The number of furan rings is 1. The quantitative estimate of drug-likeness (QED) is 0.168. The third kappa shape index (κ3) is 3.67. The molecule has 0 saturated heterocycles. The van der Waals surface area contributed by atoms with Crippen molar-refractivity contribution in [1.82, 2.24) is 9.38 Å². The number of nitrogens with zero attached hydrogens (tertiary/aromatic N) is 2. The second-order valence-electron chi connectivity index (χ2n) is 15.0. The van der Waals surface area contributed by atoms with E-state index in [-0.39, 0.29) is 0 Å². The normalized spacial score (nSPS) is 13.6. The molecule has 8 aromatic carbocycles. The predicted octanol–water partition coefficient (Wildman–Crippen LogP) is 13.2. The lowest BCUT2D eigenvalue weighted by atomic mass is 9.70. The van der Waals surface area contributed by atoms with E-state index in [9.17, 15) is 0 Å². The Morgan fingerprint density at radius 3 is 1.80 bits per heavy atom. The molecule has 254 valence electrons. The minimum atomic E-state index is -0.488. The Kier molecular flexibility index (Phi) is 5.56. The van der Waals surface area contributed by atoms with Crippen molar-refractivity contribution in [3.8, 4) is 44.5 Å². The first kappa shape index (κ1) is 29.2. The van der Waals surface area contributed by atoms with Crippen molar-refractivity contribution >= 4 is 49.3 Å². The first-order chi connectivity index (χ1) is 27.3. The molecule has 55 heavy (non-hydrogen) atoms. The molecule has 0 N–H and O–H groups in total. The van der Waals surface area contributed by atoms with Gasteiger partial charge in [-0.1, -0.05) is 140 Å². The molecule has 3 nitrogen and oxygen atoms in total. The lowest BCUT2D eigenvalue weighted by Crippen LogP contribution is -2.26. The molecule has 3 heteroatoms. The fourth-order valence-electron chi connectivity index (χ4n) is 10.2. The summed E-state index contributed by atoms with van der Waals surface area (Å²) >= 11 is 0. The van der Waals surface area contributed by atoms with Crippen LogP contribution in [0.3, 0.4) is 0 Å². The van der Waals surface area contributed by atoms with Crippen LogP contribution in [0.25, 0.3) is 93.8 Å². The summed E-state index contributed by atoms with van der Waals surface area (Å²) in [7, 11) is 0. The van der Waals surface area contributed by atoms with Crippen LogP contribution in [-0.4, -0.2) is 9.38 Å². The Balaban J connectivity index is 1.08. The molecule has 0 amide bonds. The molecule has 0 unspecified atom stereocenters. The fourth-order valence-corrected chi connectivity index (χ4v) is 10.2. The van der Waals surface area contributed by atoms with Gasteiger partial charge in [-0.2, -0.15) is 0 Å². The molecule has 0 radical (unpaired) electrons. The first-order valence-electron chi connectivity index (χ1n) is 18.9. The van der Waals surface area contributed by atoms with Gasteiger partial charge in [0.1, 0.15) is 16.8 Å². The molecule has 0 fully saturated rings. The molecule has 13 rings (SSSR count). The van der Waals surface area contributed by atoms with Crippen molar-refractivity contribution in [1.29, 1.82) is 0 Å². The molecule has 3 aromatic heterocycles. The van der Waals surface area contributed by atoms with Crippen LogP contribution < -0.4 is 0 Å². The number of imidazole rings is 1. The summed E-state index contributed by atoms with van der Waals surface area (Å²) in [4.78, 5) is 4.72. The highest BCUT2D eigenvalue weighted by molar-refractivity contribution is 6.13. The van der Waals surface area contributed by atoms with Crippen LogP contribution in [0.4, 0.5) is 0 Å². The summed E-state index contributed by atoms with van der Waals surface area (Å²) in [5, 5.41) is 5.89. The molecule has 0 bridgehead atoms. The van der Waals surface area contributed by atoms with Crippen molar-refractivity contribution in [2.24, 2.45) is 0 Å². The van der Waals surface area contributed by atoms with Crippen molar-refractivity contribution in [3.63, 3.8) is 0 Å². The topological polar surface area (TPSA) is 30.4 Å². The first-order valence-corrected chi connectivity index (χ1v) is 18.9. The smallest absolute Gasteiger partial charge is 0.145 e. The van der Waals surface area contributed by atoms with Gasteiger partial charge in [0.2, 0.25) is 0 Å². The monoisotopic (exact) mass is 698 g/mol. The zero-order chi connectivity index (χ0) is 35.8. The second-order valence-corrected chi connectivity index (χ2v) is 15.0. The lowest BCUT2D eigenvalue weighted by molar-refractivity contribution is 0.670. The molecule has 2 aliphatic rings. The number of hydrogen-bond donors (Lipinski definition) is 0. The van der Waals surface area contributed by atoms with Gasteiger partial charge in [-0.15, -0.1) is 0 Å². The Morgan fingerprint density at radius 1 is 0.418 bits per heavy atom. The van der Waals surface area contributed by atoms with Gasteiger partial charge in [0, 0.05) is 39.5 Å². The van der Waals surface area contributed by atoms with E-state index in [1.807, 2.05) is 12.3 Å². The van der Waals surface area contributed by atoms with Gasteiger partial charge in [0.05, 0.1) is 10.9 Å². The highest BCUT2D eigenvalue weighted by atomic mass is 16.3. The fraction of sp³-hybridized carbons (Fsp3) is 0.0192. The van der Waals surface area contributed by atoms with E-state index in [4.69, 9.17) is 9.40 Å². The van der Waals surface area contributed by atoms with Gasteiger partial charge >= 0.3 is 0 Å². The number of benzene rings is 8. The van der Waals surface area contributed by atoms with Crippen molar-refractivity contribution in [2.75, 3.05) is 0 Å². The zero-order valence-electron chi connectivity index (χ0n) is 29.6. The molecule has 3 heterocycles. The van der Waals surface area contributed by atoms with E-state index in [1.54, 1.807) is 0 Å². The maximum absolute atomic E-state index is 6.58. The van der Waals surface area contributed by atoms with E-state index in [1.165, 1.54) is 66.4 Å². The minimum Gasteiger partial charge on any atom is -0.455 e. The van der Waals surface area contributed by atoms with Crippen molar-refractivity contribution < 1.29 is 4.42 Å². The Hall–Kier alpha value is -7.23. The number of pyridine rings is 1. The van der Waals surface area contributed by atoms with Crippen LogP contribution in [0, 0.1) is 0 Å². The number of aromatic nitrogens is 2. The van der Waals surface area contributed by atoms with Crippen molar-refractivity contribution in [3.05, 3.63) is 205 Å². The van der Waals surface area contributed by atoms with Gasteiger partial charge in [-0.05, 0) is 96.9 Å². The molecule has 0 atom stereocenters. The maximum atomic E-state index is 6.58. The highest BCUT2D eigenvalue weighted by Gasteiger charge is 2.51. The third-order valence-electron chi connectivity index (χ3n) is 12.5. The summed E-state index contributed by atoms with van der Waals surface area (Å²) in [6.45, 7) is 0. The number of fused-ring (bicyclic) bond motifs is 19. The van der Waals surface area contributed by atoms with Gasteiger partial charge in [0.15, 0.2) is 0 Å². The lowest BCUT2D eigenvalue weighted by Gasteiger charge is -2.31. The summed E-state index contributed by atoms with van der Waals surface area (Å²) in [5.74, 6) is 0. The number of hydrogen-bond acceptors (Lipinski definition) is 2. The van der Waals surface area contributed by atoms with Crippen LogP contribution in [0.2, 0.25) is 0 Å². The van der Waals surface area contributed by atoms with E-state index < -0.39 is 5.41 Å². The molecule has 0 aliphatic heterocycles. The Morgan fingerprint density at radius 2 is 1.00 bits per heavy atom. The average Bonchev–Trinajstić information content (AvgIpc) is 4.02. The number of para-hydroxylation sites is 2.